The van der Waals surface area contributed by atoms with Gasteiger partial charge in [-0.05, 0) is 49.4 Å². The van der Waals surface area contributed by atoms with E-state index >= 15 is 8.78 Å². The van der Waals surface area contributed by atoms with Crippen LogP contribution < -0.4 is 21.3 Å². The number of alkyl carbamates (subject to hydrolysis) is 1. The largest absolute Gasteiger partial charge is 0.447 e. The highest BCUT2D eigenvalue weighted by Crippen LogP contribution is 2.38. The van der Waals surface area contributed by atoms with Gasteiger partial charge in [-0.2, -0.15) is 0 Å². The van der Waals surface area contributed by atoms with Gasteiger partial charge in [0.05, 0.1) is 17.8 Å². The molecule has 6 rings (SSSR count). The van der Waals surface area contributed by atoms with Crippen molar-refractivity contribution in [3.8, 4) is 11.3 Å². The molecule has 15 nitrogen and oxygen atoms in total. The van der Waals surface area contributed by atoms with E-state index in [1.807, 2.05) is 34.9 Å². The number of aromatic nitrogens is 2. The van der Waals surface area contributed by atoms with Crippen molar-refractivity contribution in [1.29, 1.82) is 0 Å². The van der Waals surface area contributed by atoms with E-state index < -0.39 is 65.7 Å². The van der Waals surface area contributed by atoms with Gasteiger partial charge in [0, 0.05) is 95.3 Å². The minimum Gasteiger partial charge on any atom is -0.447 e. The second-order valence-electron chi connectivity index (χ2n) is 14.8. The highest BCUT2D eigenvalue weighted by molar-refractivity contribution is 6.12. The van der Waals surface area contributed by atoms with Crippen LogP contribution >= 0.6 is 0 Å². The van der Waals surface area contributed by atoms with Gasteiger partial charge in [-0.25, -0.2) is 27.7 Å². The SMILES string of the molecule is CC(COC(=O)NCCC(=O)NCCN1C(=O)C=CC1=O)NC(=O)N(CC1CNCC1F)C(c1nc(-c2cc(F)ccc2F)cn1Cc1ccccc1)C1CCOCC1. The third-order valence-electron chi connectivity index (χ3n) is 10.5. The average Bonchev–Trinajstić information content (AvgIpc) is 3.92. The third-order valence-corrected chi connectivity index (χ3v) is 10.5. The molecule has 6 amide bonds. The molecule has 3 aromatic rings. The number of imidazole rings is 1. The Morgan fingerprint density at radius 2 is 1.76 bits per heavy atom. The summed E-state index contributed by atoms with van der Waals surface area (Å²) >= 11 is 0. The second-order valence-corrected chi connectivity index (χ2v) is 14.8. The monoisotopic (exact) mass is 822 g/mol. The van der Waals surface area contributed by atoms with Gasteiger partial charge in [0.2, 0.25) is 5.91 Å². The van der Waals surface area contributed by atoms with Crippen LogP contribution in [0.2, 0.25) is 0 Å². The molecule has 0 spiro atoms. The van der Waals surface area contributed by atoms with Crippen LogP contribution in [0.3, 0.4) is 0 Å². The molecule has 4 N–H and O–H groups in total. The number of benzene rings is 2. The zero-order valence-electron chi connectivity index (χ0n) is 32.7. The van der Waals surface area contributed by atoms with Crippen molar-refractivity contribution < 1.29 is 46.6 Å². The first-order valence-electron chi connectivity index (χ1n) is 19.7. The summed E-state index contributed by atoms with van der Waals surface area (Å²) in [4.78, 5) is 70.0. The number of carbonyl (C=O) groups is 5. The van der Waals surface area contributed by atoms with Gasteiger partial charge in [0.1, 0.15) is 30.2 Å². The van der Waals surface area contributed by atoms with Crippen molar-refractivity contribution in [1.82, 2.24) is 40.6 Å². The molecule has 0 saturated carbocycles. The summed E-state index contributed by atoms with van der Waals surface area (Å²) in [6.07, 6.45) is 2.89. The minimum atomic E-state index is -1.23. The number of imide groups is 1. The molecule has 4 atom stereocenters. The standard InChI is InChI=1S/C41H49F3N8O7/c1-26(25-59-41(57)47-14-11-35(53)46-15-16-51-36(54)9-10-37(51)55)48-40(56)52(23-29-20-45-21-33(29)44)38(28-12-17-58-18-13-28)39-49-34(31-19-30(42)7-8-32(31)43)24-50(39)22-27-5-3-2-4-6-27/h2-10,19,24,26,28-29,33,38,45H,11-18,20-23,25H2,1H3,(H,46,53)(H,47,57)(H,48,56). The number of alkyl halides is 1. The topological polar surface area (TPSA) is 176 Å². The van der Waals surface area contributed by atoms with Gasteiger partial charge in [-0.15, -0.1) is 0 Å². The summed E-state index contributed by atoms with van der Waals surface area (Å²) in [5.74, 6) is -2.97. The highest BCUT2D eigenvalue weighted by atomic mass is 19.1. The molecule has 1 aromatic heterocycles. The van der Waals surface area contributed by atoms with Crippen LogP contribution in [0, 0.1) is 23.5 Å². The van der Waals surface area contributed by atoms with Crippen LogP contribution in [-0.4, -0.2) is 120 Å². The van der Waals surface area contributed by atoms with E-state index in [0.29, 0.717) is 45.0 Å². The number of urea groups is 1. The Morgan fingerprint density at radius 3 is 2.47 bits per heavy atom. The molecule has 3 aliphatic rings. The number of carbonyl (C=O) groups excluding carboxylic acids is 5. The van der Waals surface area contributed by atoms with Crippen LogP contribution in [0.25, 0.3) is 11.3 Å². The number of hydrogen-bond donors (Lipinski definition) is 4. The van der Waals surface area contributed by atoms with Gasteiger partial charge < -0.3 is 40.2 Å². The molecule has 2 saturated heterocycles. The van der Waals surface area contributed by atoms with Crippen LogP contribution in [0.4, 0.5) is 22.8 Å². The zero-order valence-corrected chi connectivity index (χ0v) is 32.7. The van der Waals surface area contributed by atoms with Crippen molar-refractivity contribution in [2.45, 2.75) is 51.0 Å². The van der Waals surface area contributed by atoms with E-state index in [1.165, 1.54) is 0 Å². The van der Waals surface area contributed by atoms with Crippen molar-refractivity contribution >= 4 is 29.8 Å². The number of amides is 6. The smallest absolute Gasteiger partial charge is 0.407 e. The molecule has 2 aromatic carbocycles. The number of rotatable bonds is 17. The number of ether oxygens (including phenoxy) is 2. The summed E-state index contributed by atoms with van der Waals surface area (Å²) in [7, 11) is 0. The normalized spacial score (nSPS) is 19.1. The lowest BCUT2D eigenvalue weighted by Gasteiger charge is -2.40. The fourth-order valence-corrected chi connectivity index (χ4v) is 7.40. The van der Waals surface area contributed by atoms with Gasteiger partial charge >= 0.3 is 12.1 Å². The Kier molecular flexibility index (Phi) is 14.7. The van der Waals surface area contributed by atoms with Crippen LogP contribution in [0.5, 0.6) is 0 Å². The molecular formula is C41H49F3N8O7. The van der Waals surface area contributed by atoms with E-state index in [2.05, 4.69) is 21.3 Å². The lowest BCUT2D eigenvalue weighted by molar-refractivity contribution is -0.137. The Balaban J connectivity index is 1.16. The fraction of sp³-hybridized carbons (Fsp3) is 0.463. The van der Waals surface area contributed by atoms with Crippen molar-refractivity contribution in [2.24, 2.45) is 11.8 Å². The Hall–Kier alpha value is -5.75. The molecule has 316 valence electrons. The predicted octanol–water partition coefficient (Wildman–Crippen LogP) is 3.46. The van der Waals surface area contributed by atoms with Crippen molar-refractivity contribution in [2.75, 3.05) is 59.1 Å². The summed E-state index contributed by atoms with van der Waals surface area (Å²) < 4.78 is 57.9. The predicted molar refractivity (Wildman–Crippen MR) is 208 cm³/mol. The molecule has 4 unspecified atom stereocenters. The summed E-state index contributed by atoms with van der Waals surface area (Å²) in [5.41, 5.74) is 1.03. The molecule has 3 aliphatic heterocycles. The van der Waals surface area contributed by atoms with Crippen LogP contribution in [-0.2, 0) is 30.4 Å². The van der Waals surface area contributed by atoms with Gasteiger partial charge in [-0.1, -0.05) is 30.3 Å². The molecule has 59 heavy (non-hydrogen) atoms. The van der Waals surface area contributed by atoms with Crippen molar-refractivity contribution in [3.63, 3.8) is 0 Å². The molecule has 2 fully saturated rings. The maximum atomic E-state index is 15.3. The van der Waals surface area contributed by atoms with E-state index in [4.69, 9.17) is 14.5 Å². The molecule has 0 aliphatic carbocycles. The summed E-state index contributed by atoms with van der Waals surface area (Å²) in [6.45, 7) is 2.99. The highest BCUT2D eigenvalue weighted by Gasteiger charge is 2.40. The Morgan fingerprint density at radius 1 is 1.02 bits per heavy atom. The molecule has 0 radical (unpaired) electrons. The molecule has 18 heteroatoms. The lowest BCUT2D eigenvalue weighted by Crippen LogP contribution is -2.52. The maximum absolute atomic E-state index is 15.3. The first kappa shape index (κ1) is 42.8. The van der Waals surface area contributed by atoms with E-state index in [0.717, 1.165) is 40.8 Å². The van der Waals surface area contributed by atoms with E-state index in [1.54, 1.807) is 18.0 Å². The Labute approximate surface area is 339 Å². The average molecular weight is 823 g/mol. The van der Waals surface area contributed by atoms with Crippen LogP contribution in [0.1, 0.15) is 43.6 Å². The first-order valence-corrected chi connectivity index (χ1v) is 19.7. The maximum Gasteiger partial charge on any atom is 0.407 e. The van der Waals surface area contributed by atoms with Gasteiger partial charge in [-0.3, -0.25) is 19.3 Å². The first-order chi connectivity index (χ1) is 28.5. The number of nitrogens with zero attached hydrogens (tertiary/aromatic N) is 4. The summed E-state index contributed by atoms with van der Waals surface area (Å²) in [5, 5.41) is 11.0. The van der Waals surface area contributed by atoms with E-state index in [-0.39, 0.29) is 62.9 Å². The number of halogens is 3. The second kappa shape index (κ2) is 20.3. The molecular weight excluding hydrogens is 773 g/mol. The molecule has 4 heterocycles. The third kappa shape index (κ3) is 11.5. The Bertz CT molecular complexity index is 1980. The number of hydrogen-bond acceptors (Lipinski definition) is 9. The van der Waals surface area contributed by atoms with E-state index in [9.17, 15) is 28.4 Å². The van der Waals surface area contributed by atoms with Gasteiger partial charge in [0.15, 0.2) is 0 Å². The zero-order chi connectivity index (χ0) is 41.9. The lowest BCUT2D eigenvalue weighted by atomic mass is 9.89. The van der Waals surface area contributed by atoms with Crippen LogP contribution in [0.15, 0.2) is 66.9 Å². The fourth-order valence-electron chi connectivity index (χ4n) is 7.40. The van der Waals surface area contributed by atoms with Gasteiger partial charge in [0.25, 0.3) is 11.8 Å². The molecule has 0 bridgehead atoms. The quantitative estimate of drug-likeness (QED) is 0.149. The minimum absolute atomic E-state index is 0.00153. The number of nitrogens with one attached hydrogen (secondary N) is 4. The summed E-state index contributed by atoms with van der Waals surface area (Å²) in [6, 6.07) is 10.6. The van der Waals surface area contributed by atoms with Crippen molar-refractivity contribution in [3.05, 3.63) is 89.9 Å².